The van der Waals surface area contributed by atoms with Gasteiger partial charge < -0.3 is 5.11 Å². The molecule has 1 aromatic carbocycles. The molecule has 0 saturated carbocycles. The summed E-state index contributed by atoms with van der Waals surface area (Å²) in [6.07, 6.45) is 0.603. The van der Waals surface area contributed by atoms with E-state index in [1.165, 1.54) is 12.1 Å². The zero-order valence-corrected chi connectivity index (χ0v) is 14.3. The molecule has 1 aromatic rings. The predicted molar refractivity (Wildman–Crippen MR) is 83.9 cm³/mol. The maximum absolute atomic E-state index is 12.3. The molecule has 0 amide bonds. The van der Waals surface area contributed by atoms with Gasteiger partial charge in [-0.25, -0.2) is 21.6 Å². The molecule has 1 fully saturated rings. The minimum Gasteiger partial charge on any atom is -0.387 e. The summed E-state index contributed by atoms with van der Waals surface area (Å²) in [6.45, 7) is 3.29. The first-order chi connectivity index (χ1) is 10.0. The van der Waals surface area contributed by atoms with E-state index in [-0.39, 0.29) is 23.6 Å². The van der Waals surface area contributed by atoms with Gasteiger partial charge in [-0.3, -0.25) is 0 Å². The van der Waals surface area contributed by atoms with Gasteiger partial charge >= 0.3 is 0 Å². The molecule has 2 rings (SSSR count). The second-order valence-electron chi connectivity index (χ2n) is 6.07. The van der Waals surface area contributed by atoms with Gasteiger partial charge in [-0.1, -0.05) is 6.07 Å². The van der Waals surface area contributed by atoms with E-state index >= 15 is 0 Å². The highest BCUT2D eigenvalue weighted by Gasteiger charge is 2.38. The van der Waals surface area contributed by atoms with Crippen LogP contribution < -0.4 is 4.72 Å². The van der Waals surface area contributed by atoms with Crippen LogP contribution in [0.1, 0.15) is 24.0 Å². The Balaban J connectivity index is 2.16. The van der Waals surface area contributed by atoms with E-state index in [1.54, 1.807) is 13.8 Å². The SMILES string of the molecule is Cc1cc(C)cc(S(=O)(=O)NCC2(O)CCCS(=O)(=O)C2)c1. The molecule has 1 saturated heterocycles. The molecular formula is C14H21NO5S2. The fourth-order valence-electron chi connectivity index (χ4n) is 2.71. The zero-order valence-electron chi connectivity index (χ0n) is 12.7. The van der Waals surface area contributed by atoms with Crippen LogP contribution in [0.15, 0.2) is 23.1 Å². The van der Waals surface area contributed by atoms with Crippen LogP contribution in [0.5, 0.6) is 0 Å². The van der Waals surface area contributed by atoms with Gasteiger partial charge in [0.2, 0.25) is 10.0 Å². The van der Waals surface area contributed by atoms with E-state index in [1.807, 2.05) is 6.07 Å². The Hall–Kier alpha value is -0.960. The van der Waals surface area contributed by atoms with Crippen molar-refractivity contribution in [2.75, 3.05) is 18.1 Å². The third-order valence-electron chi connectivity index (χ3n) is 3.68. The molecule has 1 atom stereocenters. The lowest BCUT2D eigenvalue weighted by Crippen LogP contribution is -2.50. The molecule has 1 heterocycles. The highest BCUT2D eigenvalue weighted by Crippen LogP contribution is 2.23. The molecule has 1 aliphatic rings. The van der Waals surface area contributed by atoms with Crippen LogP contribution in [0, 0.1) is 13.8 Å². The lowest BCUT2D eigenvalue weighted by molar-refractivity contribution is 0.0551. The number of aliphatic hydroxyl groups is 1. The Morgan fingerprint density at radius 3 is 2.36 bits per heavy atom. The van der Waals surface area contributed by atoms with Crippen molar-refractivity contribution in [1.29, 1.82) is 0 Å². The van der Waals surface area contributed by atoms with Gasteiger partial charge in [0, 0.05) is 6.54 Å². The molecule has 124 valence electrons. The Morgan fingerprint density at radius 1 is 1.23 bits per heavy atom. The Bertz CT molecular complexity index is 750. The summed E-state index contributed by atoms with van der Waals surface area (Å²) < 4.78 is 50.2. The first-order valence-corrected chi connectivity index (χ1v) is 10.3. The predicted octanol–water partition coefficient (Wildman–Crippen LogP) is 0.521. The van der Waals surface area contributed by atoms with Crippen molar-refractivity contribution in [2.24, 2.45) is 0 Å². The molecule has 0 aromatic heterocycles. The number of benzene rings is 1. The molecule has 0 spiro atoms. The van der Waals surface area contributed by atoms with Crippen molar-refractivity contribution in [3.05, 3.63) is 29.3 Å². The Labute approximate surface area is 131 Å². The topological polar surface area (TPSA) is 101 Å². The summed E-state index contributed by atoms with van der Waals surface area (Å²) in [5.74, 6) is -0.367. The van der Waals surface area contributed by atoms with Crippen LogP contribution in [0.2, 0.25) is 0 Å². The zero-order chi connectivity index (χ0) is 16.6. The van der Waals surface area contributed by atoms with Crippen LogP contribution in [-0.2, 0) is 19.9 Å². The van der Waals surface area contributed by atoms with E-state index in [4.69, 9.17) is 0 Å². The normalized spacial score (nSPS) is 25.0. The fraction of sp³-hybridized carbons (Fsp3) is 0.571. The molecule has 6 nitrogen and oxygen atoms in total. The lowest BCUT2D eigenvalue weighted by Gasteiger charge is -2.31. The van der Waals surface area contributed by atoms with Crippen molar-refractivity contribution in [2.45, 2.75) is 37.2 Å². The number of hydrogen-bond donors (Lipinski definition) is 2. The minimum absolute atomic E-state index is 0.0408. The van der Waals surface area contributed by atoms with Crippen molar-refractivity contribution in [3.8, 4) is 0 Å². The molecule has 0 bridgehead atoms. The van der Waals surface area contributed by atoms with Crippen molar-refractivity contribution in [3.63, 3.8) is 0 Å². The van der Waals surface area contributed by atoms with Crippen LogP contribution in [0.25, 0.3) is 0 Å². The maximum Gasteiger partial charge on any atom is 0.240 e. The van der Waals surface area contributed by atoms with Crippen LogP contribution >= 0.6 is 0 Å². The van der Waals surface area contributed by atoms with Crippen molar-refractivity contribution in [1.82, 2.24) is 4.72 Å². The summed E-state index contributed by atoms with van der Waals surface area (Å²) in [4.78, 5) is 0.118. The number of nitrogens with one attached hydrogen (secondary N) is 1. The van der Waals surface area contributed by atoms with E-state index in [2.05, 4.69) is 4.72 Å². The van der Waals surface area contributed by atoms with E-state index in [9.17, 15) is 21.9 Å². The van der Waals surface area contributed by atoms with Crippen molar-refractivity contribution >= 4 is 19.9 Å². The van der Waals surface area contributed by atoms with Gasteiger partial charge in [-0.2, -0.15) is 0 Å². The highest BCUT2D eigenvalue weighted by molar-refractivity contribution is 7.91. The Kier molecular flexibility index (Phi) is 4.68. The monoisotopic (exact) mass is 347 g/mol. The van der Waals surface area contributed by atoms with E-state index < -0.39 is 31.2 Å². The fourth-order valence-corrected chi connectivity index (χ4v) is 5.82. The molecule has 8 heteroatoms. The average Bonchev–Trinajstić information content (AvgIpc) is 2.34. The molecule has 1 unspecified atom stereocenters. The first-order valence-electron chi connectivity index (χ1n) is 7.02. The van der Waals surface area contributed by atoms with Gasteiger partial charge in [0.05, 0.1) is 22.0 Å². The number of sulfone groups is 1. The van der Waals surface area contributed by atoms with Crippen LogP contribution in [0.4, 0.5) is 0 Å². The smallest absolute Gasteiger partial charge is 0.240 e. The lowest BCUT2D eigenvalue weighted by atomic mass is 10.0. The van der Waals surface area contributed by atoms with E-state index in [0.717, 1.165) is 11.1 Å². The van der Waals surface area contributed by atoms with Gasteiger partial charge in [-0.05, 0) is 49.9 Å². The molecule has 1 aliphatic heterocycles. The quantitative estimate of drug-likeness (QED) is 0.827. The molecule has 0 radical (unpaired) electrons. The van der Waals surface area contributed by atoms with Crippen molar-refractivity contribution < 1.29 is 21.9 Å². The number of sulfonamides is 1. The van der Waals surface area contributed by atoms with Gasteiger partial charge in [-0.15, -0.1) is 0 Å². The molecule has 2 N–H and O–H groups in total. The molecule has 22 heavy (non-hydrogen) atoms. The standard InChI is InChI=1S/C14H21NO5S2/c1-11-6-12(2)8-13(7-11)22(19,20)15-9-14(16)4-3-5-21(17,18)10-14/h6-8,15-16H,3-5,9-10H2,1-2H3. The molecule has 0 aliphatic carbocycles. The van der Waals surface area contributed by atoms with Gasteiger partial charge in [0.1, 0.15) is 0 Å². The minimum atomic E-state index is -3.78. The number of hydrogen-bond acceptors (Lipinski definition) is 5. The summed E-state index contributed by atoms with van der Waals surface area (Å²) in [7, 11) is -7.11. The Morgan fingerprint density at radius 2 is 1.82 bits per heavy atom. The van der Waals surface area contributed by atoms with Gasteiger partial charge in [0.15, 0.2) is 9.84 Å². The van der Waals surface area contributed by atoms with Gasteiger partial charge in [0.25, 0.3) is 0 Å². The third-order valence-corrected chi connectivity index (χ3v) is 6.95. The average molecular weight is 347 g/mol. The summed E-state index contributed by atoms with van der Waals surface area (Å²) in [5.41, 5.74) is 0.0990. The first kappa shape index (κ1) is 17.4. The third kappa shape index (κ3) is 4.28. The summed E-state index contributed by atoms with van der Waals surface area (Å²) in [5, 5.41) is 10.3. The summed E-state index contributed by atoms with van der Waals surface area (Å²) >= 11 is 0. The number of rotatable bonds is 4. The number of aryl methyl sites for hydroxylation is 2. The van der Waals surface area contributed by atoms with Crippen LogP contribution in [0.3, 0.4) is 0 Å². The summed E-state index contributed by atoms with van der Waals surface area (Å²) in [6, 6.07) is 4.94. The largest absolute Gasteiger partial charge is 0.387 e. The second kappa shape index (κ2) is 5.92. The maximum atomic E-state index is 12.3. The van der Waals surface area contributed by atoms with E-state index in [0.29, 0.717) is 6.42 Å². The van der Waals surface area contributed by atoms with Crippen LogP contribution in [-0.4, -0.2) is 45.6 Å². The second-order valence-corrected chi connectivity index (χ2v) is 10.0. The molecular weight excluding hydrogens is 326 g/mol. The highest BCUT2D eigenvalue weighted by atomic mass is 32.2.